The summed E-state index contributed by atoms with van der Waals surface area (Å²) < 4.78 is 5.37. The first-order valence-corrected chi connectivity index (χ1v) is 6.35. The highest BCUT2D eigenvalue weighted by molar-refractivity contribution is 5.92. The summed E-state index contributed by atoms with van der Waals surface area (Å²) in [5.41, 5.74) is 7.51. The summed E-state index contributed by atoms with van der Waals surface area (Å²) in [6.45, 7) is 1.60. The zero-order valence-corrected chi connectivity index (χ0v) is 10.5. The molecule has 0 spiro atoms. The van der Waals surface area contributed by atoms with Crippen LogP contribution in [0, 0.1) is 0 Å². The van der Waals surface area contributed by atoms with Crippen LogP contribution in [-0.4, -0.2) is 28.9 Å². The number of aromatic nitrogens is 1. The van der Waals surface area contributed by atoms with Crippen molar-refractivity contribution in [2.45, 2.75) is 12.8 Å². The third-order valence-electron chi connectivity index (χ3n) is 3.31. The highest BCUT2D eigenvalue weighted by Gasteiger charge is 2.23. The lowest BCUT2D eigenvalue weighted by atomic mass is 10.2. The Hall–Kier alpha value is -2.30. The molecule has 1 saturated heterocycles. The molecule has 1 aromatic carbocycles. The molecule has 5 heteroatoms. The number of benzene rings is 1. The zero-order chi connectivity index (χ0) is 13.2. The van der Waals surface area contributed by atoms with Crippen molar-refractivity contribution in [2.75, 3.05) is 18.8 Å². The van der Waals surface area contributed by atoms with Crippen LogP contribution in [0.3, 0.4) is 0 Å². The van der Waals surface area contributed by atoms with Crippen LogP contribution >= 0.6 is 0 Å². The first-order valence-electron chi connectivity index (χ1n) is 6.35. The van der Waals surface area contributed by atoms with Gasteiger partial charge >= 0.3 is 0 Å². The number of nitrogens with two attached hydrogens (primary N) is 1. The highest BCUT2D eigenvalue weighted by Crippen LogP contribution is 2.25. The Morgan fingerprint density at radius 3 is 2.74 bits per heavy atom. The van der Waals surface area contributed by atoms with Crippen LogP contribution in [0.15, 0.2) is 34.9 Å². The van der Waals surface area contributed by atoms with Gasteiger partial charge in [0.2, 0.25) is 5.89 Å². The lowest BCUT2D eigenvalue weighted by Gasteiger charge is -2.12. The van der Waals surface area contributed by atoms with Crippen LogP contribution < -0.4 is 5.73 Å². The van der Waals surface area contributed by atoms with Gasteiger partial charge in [0, 0.05) is 18.8 Å². The first kappa shape index (κ1) is 11.8. The topological polar surface area (TPSA) is 72.4 Å². The molecule has 0 saturated carbocycles. The molecule has 19 heavy (non-hydrogen) atoms. The predicted molar refractivity (Wildman–Crippen MR) is 71.5 cm³/mol. The minimum absolute atomic E-state index is 0.0676. The molecular formula is C14H15N3O2. The minimum Gasteiger partial charge on any atom is -0.444 e. The second kappa shape index (κ2) is 4.76. The van der Waals surface area contributed by atoms with E-state index >= 15 is 0 Å². The van der Waals surface area contributed by atoms with E-state index in [4.69, 9.17) is 10.2 Å². The number of nitrogens with zero attached hydrogens (tertiary/aromatic N) is 2. The Bertz CT molecular complexity index is 600. The fourth-order valence-electron chi connectivity index (χ4n) is 2.27. The Balaban J connectivity index is 1.87. The van der Waals surface area contributed by atoms with Crippen molar-refractivity contribution in [1.82, 2.24) is 9.88 Å². The Labute approximate surface area is 111 Å². The molecule has 1 amide bonds. The van der Waals surface area contributed by atoms with E-state index in [0.717, 1.165) is 25.9 Å². The van der Waals surface area contributed by atoms with Crippen LogP contribution in [0.1, 0.15) is 23.3 Å². The van der Waals surface area contributed by atoms with Crippen LogP contribution in [0.2, 0.25) is 0 Å². The number of amides is 1. The molecule has 1 fully saturated rings. The van der Waals surface area contributed by atoms with Crippen LogP contribution in [0.25, 0.3) is 11.5 Å². The maximum atomic E-state index is 12.1. The van der Waals surface area contributed by atoms with E-state index in [-0.39, 0.29) is 5.91 Å². The molecule has 2 aromatic rings. The summed E-state index contributed by atoms with van der Waals surface area (Å²) in [6, 6.07) is 7.31. The molecule has 0 bridgehead atoms. The van der Waals surface area contributed by atoms with Crippen molar-refractivity contribution in [2.24, 2.45) is 0 Å². The summed E-state index contributed by atoms with van der Waals surface area (Å²) >= 11 is 0. The van der Waals surface area contributed by atoms with Gasteiger partial charge in [0.15, 0.2) is 5.69 Å². The fourth-order valence-corrected chi connectivity index (χ4v) is 2.27. The van der Waals surface area contributed by atoms with E-state index in [1.54, 1.807) is 11.0 Å². The molecule has 98 valence electrons. The number of rotatable bonds is 2. The molecule has 1 aliphatic heterocycles. The second-order valence-corrected chi connectivity index (χ2v) is 4.62. The van der Waals surface area contributed by atoms with Gasteiger partial charge in [0.25, 0.3) is 5.91 Å². The largest absolute Gasteiger partial charge is 0.444 e. The monoisotopic (exact) mass is 257 g/mol. The molecule has 2 heterocycles. The molecule has 1 aromatic heterocycles. The second-order valence-electron chi connectivity index (χ2n) is 4.62. The molecule has 0 unspecified atom stereocenters. The SMILES string of the molecule is Nc1ccccc1-c1nc(C(=O)N2CCCC2)co1. The Morgan fingerprint density at radius 2 is 2.00 bits per heavy atom. The summed E-state index contributed by atoms with van der Waals surface area (Å²) in [4.78, 5) is 18.2. The lowest BCUT2D eigenvalue weighted by molar-refractivity contribution is 0.0787. The predicted octanol–water partition coefficient (Wildman–Crippen LogP) is 2.16. The Morgan fingerprint density at radius 1 is 1.26 bits per heavy atom. The van der Waals surface area contributed by atoms with Crippen LogP contribution in [-0.2, 0) is 0 Å². The lowest BCUT2D eigenvalue weighted by Crippen LogP contribution is -2.27. The van der Waals surface area contributed by atoms with E-state index in [2.05, 4.69) is 4.98 Å². The molecule has 0 radical (unpaired) electrons. The summed E-state index contributed by atoms with van der Waals surface area (Å²) in [7, 11) is 0. The fraction of sp³-hybridized carbons (Fsp3) is 0.286. The minimum atomic E-state index is -0.0676. The van der Waals surface area contributed by atoms with Gasteiger partial charge in [-0.15, -0.1) is 0 Å². The van der Waals surface area contributed by atoms with E-state index in [1.807, 2.05) is 18.2 Å². The number of oxazole rings is 1. The van der Waals surface area contributed by atoms with E-state index < -0.39 is 0 Å². The molecule has 0 aliphatic carbocycles. The van der Waals surface area contributed by atoms with Crippen LogP contribution in [0.4, 0.5) is 5.69 Å². The quantitative estimate of drug-likeness (QED) is 0.837. The van der Waals surface area contributed by atoms with Gasteiger partial charge in [-0.3, -0.25) is 4.79 Å². The van der Waals surface area contributed by atoms with Crippen molar-refractivity contribution in [3.05, 3.63) is 36.2 Å². The van der Waals surface area contributed by atoms with E-state index in [1.165, 1.54) is 6.26 Å². The number of anilines is 1. The highest BCUT2D eigenvalue weighted by atomic mass is 16.3. The van der Waals surface area contributed by atoms with Gasteiger partial charge in [0.05, 0.1) is 5.56 Å². The number of hydrogen-bond acceptors (Lipinski definition) is 4. The molecule has 2 N–H and O–H groups in total. The summed E-state index contributed by atoms with van der Waals surface area (Å²) in [5, 5.41) is 0. The van der Waals surface area contributed by atoms with Crippen molar-refractivity contribution >= 4 is 11.6 Å². The normalized spacial score (nSPS) is 14.8. The van der Waals surface area contributed by atoms with Gasteiger partial charge in [-0.2, -0.15) is 0 Å². The standard InChI is InChI=1S/C14H15N3O2/c15-11-6-2-1-5-10(11)13-16-12(9-19-13)14(18)17-7-3-4-8-17/h1-2,5-6,9H,3-4,7-8,15H2. The number of carbonyl (C=O) groups is 1. The van der Waals surface area contributed by atoms with E-state index in [0.29, 0.717) is 22.8 Å². The smallest absolute Gasteiger partial charge is 0.275 e. The zero-order valence-electron chi connectivity index (χ0n) is 10.5. The van der Waals surface area contributed by atoms with Gasteiger partial charge in [-0.05, 0) is 25.0 Å². The van der Waals surface area contributed by atoms with Crippen molar-refractivity contribution < 1.29 is 9.21 Å². The molecule has 1 aliphatic rings. The van der Waals surface area contributed by atoms with Crippen molar-refractivity contribution in [1.29, 1.82) is 0 Å². The van der Waals surface area contributed by atoms with Gasteiger partial charge in [-0.25, -0.2) is 4.98 Å². The molecule has 0 atom stereocenters. The number of carbonyl (C=O) groups excluding carboxylic acids is 1. The van der Waals surface area contributed by atoms with Gasteiger partial charge in [0.1, 0.15) is 6.26 Å². The number of likely N-dealkylation sites (tertiary alicyclic amines) is 1. The third-order valence-corrected chi connectivity index (χ3v) is 3.31. The maximum absolute atomic E-state index is 12.1. The Kier molecular flexibility index (Phi) is 2.95. The average Bonchev–Trinajstić information content (AvgIpc) is 3.10. The van der Waals surface area contributed by atoms with Gasteiger partial charge < -0.3 is 15.1 Å². The molecule has 3 rings (SSSR count). The third kappa shape index (κ3) is 2.19. The summed E-state index contributed by atoms with van der Waals surface area (Å²) in [5.74, 6) is 0.322. The van der Waals surface area contributed by atoms with Crippen molar-refractivity contribution in [3.8, 4) is 11.5 Å². The summed E-state index contributed by atoms with van der Waals surface area (Å²) in [6.07, 6.45) is 3.52. The maximum Gasteiger partial charge on any atom is 0.275 e. The number of hydrogen-bond donors (Lipinski definition) is 1. The first-order chi connectivity index (χ1) is 9.25. The number of para-hydroxylation sites is 1. The molecule has 5 nitrogen and oxygen atoms in total. The van der Waals surface area contributed by atoms with E-state index in [9.17, 15) is 4.79 Å². The molecular weight excluding hydrogens is 242 g/mol. The van der Waals surface area contributed by atoms with Crippen LogP contribution in [0.5, 0.6) is 0 Å². The number of nitrogen functional groups attached to an aromatic ring is 1. The average molecular weight is 257 g/mol. The van der Waals surface area contributed by atoms with Gasteiger partial charge in [-0.1, -0.05) is 12.1 Å². The van der Waals surface area contributed by atoms with Crippen molar-refractivity contribution in [3.63, 3.8) is 0 Å².